The van der Waals surface area contributed by atoms with Crippen LogP contribution in [0.5, 0.6) is 11.5 Å². The molecule has 0 aliphatic carbocycles. The van der Waals surface area contributed by atoms with Crippen LogP contribution in [0.4, 0.5) is 5.69 Å². The lowest BCUT2D eigenvalue weighted by Crippen LogP contribution is -2.38. The van der Waals surface area contributed by atoms with Crippen molar-refractivity contribution in [1.29, 1.82) is 0 Å². The fraction of sp³-hybridized carbons (Fsp3) is 0.316. The van der Waals surface area contributed by atoms with Crippen molar-refractivity contribution in [1.82, 2.24) is 5.32 Å². The minimum Gasteiger partial charge on any atom is -0.504 e. The maximum atomic E-state index is 9.73. The summed E-state index contributed by atoms with van der Waals surface area (Å²) in [6.07, 6.45) is 3.59. The Bertz CT molecular complexity index is 765. The molecule has 0 saturated carbocycles. The second kappa shape index (κ2) is 7.93. The lowest BCUT2D eigenvalue weighted by Gasteiger charge is -2.20. The number of aromatic hydroxyl groups is 2. The molecule has 1 unspecified atom stereocenters. The molecule has 6 heteroatoms. The predicted octanol–water partition coefficient (Wildman–Crippen LogP) is 4.03. The highest BCUT2D eigenvalue weighted by Gasteiger charge is 2.20. The molecule has 0 bridgehead atoms. The number of halogens is 1. The fourth-order valence-electron chi connectivity index (χ4n) is 3.02. The van der Waals surface area contributed by atoms with Gasteiger partial charge >= 0.3 is 0 Å². The van der Waals surface area contributed by atoms with Gasteiger partial charge in [0.25, 0.3) is 0 Å². The van der Waals surface area contributed by atoms with E-state index in [-0.39, 0.29) is 17.5 Å². The zero-order valence-corrected chi connectivity index (χ0v) is 15.3. The summed E-state index contributed by atoms with van der Waals surface area (Å²) in [6, 6.07) is 11.0. The number of phenolic OH excluding ortho intramolecular Hbond substituents is 2. The van der Waals surface area contributed by atoms with Crippen LogP contribution in [0.3, 0.4) is 0 Å². The van der Waals surface area contributed by atoms with Gasteiger partial charge in [-0.15, -0.1) is 0 Å². The second-order valence-corrected chi connectivity index (χ2v) is 7.13. The molecule has 2 aromatic rings. The third kappa shape index (κ3) is 4.55. The zero-order valence-electron chi connectivity index (χ0n) is 13.8. The van der Waals surface area contributed by atoms with Crippen LogP contribution >= 0.6 is 23.8 Å². The van der Waals surface area contributed by atoms with Crippen LogP contribution in [0, 0.1) is 0 Å². The quantitative estimate of drug-likeness (QED) is 0.368. The van der Waals surface area contributed by atoms with Gasteiger partial charge in [-0.2, -0.15) is 0 Å². The van der Waals surface area contributed by atoms with E-state index in [4.69, 9.17) is 23.8 Å². The average molecular weight is 377 g/mol. The summed E-state index contributed by atoms with van der Waals surface area (Å²) in [5.74, 6) is -0.198. The monoisotopic (exact) mass is 376 g/mol. The Morgan fingerprint density at radius 1 is 1.20 bits per heavy atom. The van der Waals surface area contributed by atoms with Crippen LogP contribution in [0.1, 0.15) is 24.0 Å². The SMILES string of the molecule is Oc1cc2c(cc1O)NC(C(=S)NCCc1ccc(Cl)cc1)CCC2. The Balaban J connectivity index is 1.58. The number of phenols is 2. The van der Waals surface area contributed by atoms with Crippen molar-refractivity contribution in [3.8, 4) is 11.5 Å². The molecular formula is C19H21ClN2O2S. The first-order chi connectivity index (χ1) is 12.0. The minimum absolute atomic E-state index is 0.0189. The van der Waals surface area contributed by atoms with Crippen LogP contribution < -0.4 is 10.6 Å². The van der Waals surface area contributed by atoms with E-state index in [9.17, 15) is 10.2 Å². The molecule has 0 aromatic heterocycles. The first kappa shape index (κ1) is 17.8. The van der Waals surface area contributed by atoms with Gasteiger partial charge in [0, 0.05) is 23.3 Å². The Morgan fingerprint density at radius 3 is 2.68 bits per heavy atom. The van der Waals surface area contributed by atoms with E-state index < -0.39 is 0 Å². The maximum Gasteiger partial charge on any atom is 0.159 e. The standard InChI is InChI=1S/C19H21ClN2O2S/c20-14-6-4-12(5-7-14)8-9-21-19(25)15-3-1-2-13-10-17(23)18(24)11-16(13)22-15/h4-7,10-11,15,22-24H,1-3,8-9H2,(H,21,25). The van der Waals surface area contributed by atoms with Crippen molar-refractivity contribution in [3.63, 3.8) is 0 Å². The van der Waals surface area contributed by atoms with E-state index in [1.807, 2.05) is 24.3 Å². The molecule has 1 heterocycles. The molecule has 4 nitrogen and oxygen atoms in total. The molecule has 0 amide bonds. The van der Waals surface area contributed by atoms with Crippen LogP contribution in [-0.4, -0.2) is 27.8 Å². The predicted molar refractivity (Wildman–Crippen MR) is 106 cm³/mol. The van der Waals surface area contributed by atoms with Crippen molar-refractivity contribution in [2.24, 2.45) is 0 Å². The van der Waals surface area contributed by atoms with Gasteiger partial charge in [-0.1, -0.05) is 36.0 Å². The van der Waals surface area contributed by atoms with Crippen molar-refractivity contribution in [2.75, 3.05) is 11.9 Å². The van der Waals surface area contributed by atoms with Gasteiger partial charge in [0.05, 0.1) is 11.0 Å². The van der Waals surface area contributed by atoms with Gasteiger partial charge in [0.15, 0.2) is 11.5 Å². The summed E-state index contributed by atoms with van der Waals surface area (Å²) in [5.41, 5.74) is 3.04. The van der Waals surface area contributed by atoms with E-state index in [0.717, 1.165) is 53.5 Å². The molecule has 3 rings (SSSR count). The van der Waals surface area contributed by atoms with Gasteiger partial charge in [-0.25, -0.2) is 0 Å². The highest BCUT2D eigenvalue weighted by Crippen LogP contribution is 2.34. The molecule has 0 radical (unpaired) electrons. The number of nitrogens with one attached hydrogen (secondary N) is 2. The molecule has 1 aliphatic heterocycles. The fourth-order valence-corrected chi connectivity index (χ4v) is 3.42. The van der Waals surface area contributed by atoms with E-state index >= 15 is 0 Å². The largest absolute Gasteiger partial charge is 0.504 e. The van der Waals surface area contributed by atoms with Crippen molar-refractivity contribution >= 4 is 34.5 Å². The minimum atomic E-state index is -0.117. The Kier molecular flexibility index (Phi) is 5.66. The molecule has 0 spiro atoms. The van der Waals surface area contributed by atoms with Crippen LogP contribution in [-0.2, 0) is 12.8 Å². The van der Waals surface area contributed by atoms with Crippen molar-refractivity contribution in [2.45, 2.75) is 31.7 Å². The van der Waals surface area contributed by atoms with Gasteiger partial charge in [-0.05, 0) is 55.0 Å². The molecule has 25 heavy (non-hydrogen) atoms. The molecule has 2 aromatic carbocycles. The Morgan fingerprint density at radius 2 is 1.92 bits per heavy atom. The van der Waals surface area contributed by atoms with E-state index in [1.165, 1.54) is 5.56 Å². The van der Waals surface area contributed by atoms with Gasteiger partial charge in [-0.3, -0.25) is 0 Å². The summed E-state index contributed by atoms with van der Waals surface area (Å²) < 4.78 is 0. The summed E-state index contributed by atoms with van der Waals surface area (Å²) in [6.45, 7) is 0.756. The molecule has 0 fully saturated rings. The number of thiocarbonyl (C=S) groups is 1. The zero-order chi connectivity index (χ0) is 17.8. The second-order valence-electron chi connectivity index (χ2n) is 6.25. The topological polar surface area (TPSA) is 64.5 Å². The van der Waals surface area contributed by atoms with Gasteiger partial charge < -0.3 is 20.8 Å². The van der Waals surface area contributed by atoms with Crippen molar-refractivity contribution < 1.29 is 10.2 Å². The number of benzene rings is 2. The number of aryl methyl sites for hydroxylation is 1. The third-order valence-electron chi connectivity index (χ3n) is 4.41. The highest BCUT2D eigenvalue weighted by molar-refractivity contribution is 7.80. The summed E-state index contributed by atoms with van der Waals surface area (Å²) >= 11 is 11.4. The number of anilines is 1. The number of hydrogen-bond acceptors (Lipinski definition) is 4. The maximum absolute atomic E-state index is 9.73. The van der Waals surface area contributed by atoms with E-state index in [2.05, 4.69) is 10.6 Å². The smallest absolute Gasteiger partial charge is 0.159 e. The molecule has 1 atom stereocenters. The molecule has 0 saturated heterocycles. The normalized spacial score (nSPS) is 16.4. The van der Waals surface area contributed by atoms with Crippen molar-refractivity contribution in [3.05, 3.63) is 52.5 Å². The number of hydrogen-bond donors (Lipinski definition) is 4. The number of rotatable bonds is 4. The van der Waals surface area contributed by atoms with Crippen LogP contribution in [0.2, 0.25) is 5.02 Å². The van der Waals surface area contributed by atoms with Crippen LogP contribution in [0.25, 0.3) is 0 Å². The highest BCUT2D eigenvalue weighted by atomic mass is 35.5. The summed E-state index contributed by atoms with van der Waals surface area (Å²) in [4.78, 5) is 0.773. The summed E-state index contributed by atoms with van der Waals surface area (Å²) in [7, 11) is 0. The van der Waals surface area contributed by atoms with Gasteiger partial charge in [0.1, 0.15) is 0 Å². The summed E-state index contributed by atoms with van der Waals surface area (Å²) in [5, 5.41) is 26.8. The molecule has 4 N–H and O–H groups in total. The average Bonchev–Trinajstić information content (AvgIpc) is 2.79. The lowest BCUT2D eigenvalue weighted by atomic mass is 10.1. The third-order valence-corrected chi connectivity index (χ3v) is 5.09. The molecular weight excluding hydrogens is 356 g/mol. The molecule has 1 aliphatic rings. The lowest BCUT2D eigenvalue weighted by molar-refractivity contribution is 0.403. The van der Waals surface area contributed by atoms with E-state index in [0.29, 0.717) is 0 Å². The first-order valence-corrected chi connectivity index (χ1v) is 9.15. The van der Waals surface area contributed by atoms with Crippen LogP contribution in [0.15, 0.2) is 36.4 Å². The first-order valence-electron chi connectivity index (χ1n) is 8.36. The van der Waals surface area contributed by atoms with Gasteiger partial charge in [0.2, 0.25) is 0 Å². The number of fused-ring (bicyclic) bond motifs is 1. The Hall–Kier alpha value is -1.98. The van der Waals surface area contributed by atoms with E-state index in [1.54, 1.807) is 12.1 Å². The molecule has 132 valence electrons. The Labute approximate surface area is 157 Å².